The molecule has 1 heterocycles. The Labute approximate surface area is 132 Å². The second-order valence-corrected chi connectivity index (χ2v) is 5.82. The zero-order valence-electron chi connectivity index (χ0n) is 10.9. The number of nitrogens with zero attached hydrogens (tertiary/aromatic N) is 2. The van der Waals surface area contributed by atoms with E-state index in [2.05, 4.69) is 38.9 Å². The first-order valence-electron chi connectivity index (χ1n) is 6.39. The van der Waals surface area contributed by atoms with Gasteiger partial charge in [-0.1, -0.05) is 15.9 Å². The predicted octanol–water partition coefficient (Wildman–Crippen LogP) is 3.14. The number of hydrogen-bond donors (Lipinski definition) is 2. The molecule has 1 aromatic carbocycles. The van der Waals surface area contributed by atoms with Crippen LogP contribution in [0.4, 0.5) is 0 Å². The van der Waals surface area contributed by atoms with Crippen molar-refractivity contribution in [3.8, 4) is 0 Å². The van der Waals surface area contributed by atoms with Gasteiger partial charge in [-0.25, -0.2) is 4.98 Å². The lowest BCUT2D eigenvalue weighted by atomic mass is 10.2. The van der Waals surface area contributed by atoms with Crippen molar-refractivity contribution in [1.82, 2.24) is 14.9 Å². The van der Waals surface area contributed by atoms with E-state index in [4.69, 9.17) is 0 Å². The van der Waals surface area contributed by atoms with Crippen LogP contribution in [-0.4, -0.2) is 22.0 Å². The van der Waals surface area contributed by atoms with Crippen molar-refractivity contribution >= 4 is 34.5 Å². The van der Waals surface area contributed by atoms with E-state index >= 15 is 0 Å². The standard InChI is InChI=1S/C14H16BrN3OS/c15-11-3-4-12(13(20)9-11)14(19)17-5-1-2-7-18-8-6-16-10-18/h3-4,6,8-10,20H,1-2,5,7H2,(H,17,19). The summed E-state index contributed by atoms with van der Waals surface area (Å²) in [5, 5.41) is 2.91. The molecule has 0 aliphatic carbocycles. The zero-order valence-corrected chi connectivity index (χ0v) is 13.4. The number of nitrogens with one attached hydrogen (secondary N) is 1. The van der Waals surface area contributed by atoms with Gasteiger partial charge in [0, 0.05) is 34.9 Å². The van der Waals surface area contributed by atoms with Crippen LogP contribution >= 0.6 is 28.6 Å². The van der Waals surface area contributed by atoms with E-state index < -0.39 is 0 Å². The Morgan fingerprint density at radius 1 is 1.40 bits per heavy atom. The highest BCUT2D eigenvalue weighted by Gasteiger charge is 2.08. The fourth-order valence-corrected chi connectivity index (χ4v) is 2.69. The SMILES string of the molecule is O=C(NCCCCn1ccnc1)c1ccc(Br)cc1S. The quantitative estimate of drug-likeness (QED) is 0.618. The lowest BCUT2D eigenvalue weighted by Gasteiger charge is -2.08. The van der Waals surface area contributed by atoms with E-state index in [0.29, 0.717) is 17.0 Å². The van der Waals surface area contributed by atoms with Crippen LogP contribution in [0, 0.1) is 0 Å². The minimum absolute atomic E-state index is 0.0786. The summed E-state index contributed by atoms with van der Waals surface area (Å²) in [6.45, 7) is 1.59. The highest BCUT2D eigenvalue weighted by atomic mass is 79.9. The Balaban J connectivity index is 1.72. The molecule has 106 valence electrons. The summed E-state index contributed by atoms with van der Waals surface area (Å²) in [6, 6.07) is 5.43. The largest absolute Gasteiger partial charge is 0.352 e. The lowest BCUT2D eigenvalue weighted by Crippen LogP contribution is -2.25. The van der Waals surface area contributed by atoms with Gasteiger partial charge in [0.2, 0.25) is 0 Å². The highest BCUT2D eigenvalue weighted by Crippen LogP contribution is 2.19. The van der Waals surface area contributed by atoms with Crippen LogP contribution in [0.3, 0.4) is 0 Å². The van der Waals surface area contributed by atoms with Crippen LogP contribution in [0.15, 0.2) is 46.3 Å². The van der Waals surface area contributed by atoms with Crippen LogP contribution < -0.4 is 5.32 Å². The summed E-state index contributed by atoms with van der Waals surface area (Å²) in [5.41, 5.74) is 0.603. The maximum Gasteiger partial charge on any atom is 0.252 e. The molecule has 0 aliphatic heterocycles. The Hall–Kier alpha value is -1.27. The molecule has 1 amide bonds. The molecule has 2 rings (SSSR count). The third-order valence-electron chi connectivity index (χ3n) is 2.89. The van der Waals surface area contributed by atoms with Gasteiger partial charge in [-0.05, 0) is 31.0 Å². The topological polar surface area (TPSA) is 46.9 Å². The number of thiol groups is 1. The fraction of sp³-hybridized carbons (Fsp3) is 0.286. The molecule has 4 nitrogen and oxygen atoms in total. The molecule has 0 saturated carbocycles. The zero-order chi connectivity index (χ0) is 14.4. The highest BCUT2D eigenvalue weighted by molar-refractivity contribution is 9.10. The van der Waals surface area contributed by atoms with E-state index in [0.717, 1.165) is 23.9 Å². The molecule has 0 fully saturated rings. The van der Waals surface area contributed by atoms with Crippen molar-refractivity contribution < 1.29 is 4.79 Å². The summed E-state index contributed by atoms with van der Waals surface area (Å²) < 4.78 is 2.95. The van der Waals surface area contributed by atoms with Crippen molar-refractivity contribution in [3.05, 3.63) is 47.0 Å². The van der Waals surface area contributed by atoms with Gasteiger partial charge in [0.25, 0.3) is 5.91 Å². The number of benzene rings is 1. The molecule has 0 aliphatic rings. The first-order valence-corrected chi connectivity index (χ1v) is 7.63. The second kappa shape index (κ2) is 7.50. The Bertz CT molecular complexity index is 572. The molecule has 0 bridgehead atoms. The number of imidazole rings is 1. The second-order valence-electron chi connectivity index (χ2n) is 4.42. The summed E-state index contributed by atoms with van der Waals surface area (Å²) in [4.78, 5) is 16.6. The van der Waals surface area contributed by atoms with Crippen LogP contribution in [0.2, 0.25) is 0 Å². The van der Waals surface area contributed by atoms with Gasteiger partial charge in [0.05, 0.1) is 11.9 Å². The normalized spacial score (nSPS) is 10.5. The van der Waals surface area contributed by atoms with Gasteiger partial charge in [0.1, 0.15) is 0 Å². The summed E-state index contributed by atoms with van der Waals surface area (Å²) in [5.74, 6) is -0.0786. The van der Waals surface area contributed by atoms with Gasteiger partial charge < -0.3 is 9.88 Å². The van der Waals surface area contributed by atoms with Crippen molar-refractivity contribution in [1.29, 1.82) is 0 Å². The number of aryl methyl sites for hydroxylation is 1. The first-order chi connectivity index (χ1) is 9.66. The number of halogens is 1. The van der Waals surface area contributed by atoms with Gasteiger partial charge in [-0.15, -0.1) is 12.6 Å². The molecule has 0 radical (unpaired) electrons. The molecular weight excluding hydrogens is 338 g/mol. The van der Waals surface area contributed by atoms with Crippen molar-refractivity contribution in [2.45, 2.75) is 24.3 Å². The van der Waals surface area contributed by atoms with E-state index in [-0.39, 0.29) is 5.91 Å². The Morgan fingerprint density at radius 3 is 2.95 bits per heavy atom. The molecule has 0 unspecified atom stereocenters. The summed E-state index contributed by atoms with van der Waals surface area (Å²) in [6.07, 6.45) is 7.44. The minimum atomic E-state index is -0.0786. The van der Waals surface area contributed by atoms with Crippen LogP contribution in [0.5, 0.6) is 0 Å². The molecule has 1 N–H and O–H groups in total. The first kappa shape index (κ1) is 15.1. The molecule has 2 aromatic rings. The number of aromatic nitrogens is 2. The van der Waals surface area contributed by atoms with Gasteiger partial charge in [-0.2, -0.15) is 0 Å². The molecule has 0 atom stereocenters. The predicted molar refractivity (Wildman–Crippen MR) is 85.2 cm³/mol. The molecule has 0 spiro atoms. The molecule has 1 aromatic heterocycles. The molecular formula is C14H16BrN3OS. The van der Waals surface area contributed by atoms with Crippen LogP contribution in [0.25, 0.3) is 0 Å². The van der Waals surface area contributed by atoms with Crippen LogP contribution in [-0.2, 0) is 6.54 Å². The summed E-state index contributed by atoms with van der Waals surface area (Å²) in [7, 11) is 0. The average molecular weight is 354 g/mol. The average Bonchev–Trinajstić information content (AvgIpc) is 2.91. The minimum Gasteiger partial charge on any atom is -0.352 e. The van der Waals surface area contributed by atoms with Crippen LogP contribution in [0.1, 0.15) is 23.2 Å². The molecule has 0 saturated heterocycles. The fourth-order valence-electron chi connectivity index (χ4n) is 1.83. The Morgan fingerprint density at radius 2 is 2.25 bits per heavy atom. The lowest BCUT2D eigenvalue weighted by molar-refractivity contribution is 0.0950. The monoisotopic (exact) mass is 353 g/mol. The van der Waals surface area contributed by atoms with E-state index in [9.17, 15) is 4.79 Å². The van der Waals surface area contributed by atoms with Gasteiger partial charge >= 0.3 is 0 Å². The summed E-state index contributed by atoms with van der Waals surface area (Å²) >= 11 is 7.66. The number of carbonyl (C=O) groups is 1. The number of amides is 1. The van der Waals surface area contributed by atoms with Crippen molar-refractivity contribution in [3.63, 3.8) is 0 Å². The number of rotatable bonds is 6. The number of carbonyl (C=O) groups excluding carboxylic acids is 1. The maximum atomic E-state index is 12.0. The number of unbranched alkanes of at least 4 members (excludes halogenated alkanes) is 1. The van der Waals surface area contributed by atoms with Gasteiger partial charge in [0.15, 0.2) is 0 Å². The third kappa shape index (κ3) is 4.38. The van der Waals surface area contributed by atoms with E-state index in [1.165, 1.54) is 0 Å². The van der Waals surface area contributed by atoms with Crippen molar-refractivity contribution in [2.24, 2.45) is 0 Å². The van der Waals surface area contributed by atoms with E-state index in [1.54, 1.807) is 18.6 Å². The number of hydrogen-bond acceptors (Lipinski definition) is 3. The Kier molecular flexibility index (Phi) is 5.67. The maximum absolute atomic E-state index is 12.0. The van der Waals surface area contributed by atoms with Gasteiger partial charge in [-0.3, -0.25) is 4.79 Å². The molecule has 6 heteroatoms. The molecule has 20 heavy (non-hydrogen) atoms. The smallest absolute Gasteiger partial charge is 0.252 e. The third-order valence-corrected chi connectivity index (χ3v) is 3.76. The van der Waals surface area contributed by atoms with E-state index in [1.807, 2.05) is 22.9 Å². The van der Waals surface area contributed by atoms with Crippen molar-refractivity contribution in [2.75, 3.05) is 6.54 Å².